The van der Waals surface area contributed by atoms with E-state index < -0.39 is 11.6 Å². The first-order chi connectivity index (χ1) is 9.47. The number of anilines is 1. The van der Waals surface area contributed by atoms with Gasteiger partial charge in [0.15, 0.2) is 0 Å². The topological polar surface area (TPSA) is 44.5 Å². The van der Waals surface area contributed by atoms with Gasteiger partial charge in [0.1, 0.15) is 11.6 Å². The minimum atomic E-state index is -0.646. The van der Waals surface area contributed by atoms with Crippen molar-refractivity contribution in [2.24, 2.45) is 0 Å². The lowest BCUT2D eigenvalue weighted by Gasteiger charge is -2.28. The molecule has 1 aromatic rings. The summed E-state index contributed by atoms with van der Waals surface area (Å²) in [6.45, 7) is 7.15. The van der Waals surface area contributed by atoms with Crippen LogP contribution in [0.4, 0.5) is 14.5 Å². The number of nitrogens with zero attached hydrogens (tertiary/aromatic N) is 2. The molecule has 20 heavy (non-hydrogen) atoms. The first-order valence-corrected chi connectivity index (χ1v) is 6.77. The highest BCUT2D eigenvalue weighted by atomic mass is 19.1. The van der Waals surface area contributed by atoms with Crippen LogP contribution in [0.3, 0.4) is 0 Å². The maximum atomic E-state index is 12.1. The third-order valence-electron chi connectivity index (χ3n) is 2.96. The second kappa shape index (κ2) is 8.84. The standard InChI is InChI=1S/C8H19N3.C6H5F2N/c1-10(2)7-8-11-5-3-9-4-6-11;7-4-1-5(8)3-6(9)2-4/h9H,3-8H2,1-2H3;1-3H,9H2. The van der Waals surface area contributed by atoms with Crippen molar-refractivity contribution in [3.05, 3.63) is 29.8 Å². The number of halogens is 2. The van der Waals surface area contributed by atoms with E-state index in [0.717, 1.165) is 31.3 Å². The van der Waals surface area contributed by atoms with Gasteiger partial charge in [-0.3, -0.25) is 4.90 Å². The fraction of sp³-hybridized carbons (Fsp3) is 0.571. The van der Waals surface area contributed by atoms with E-state index in [1.807, 2.05) is 0 Å². The van der Waals surface area contributed by atoms with Crippen LogP contribution in [0.25, 0.3) is 0 Å². The van der Waals surface area contributed by atoms with E-state index in [1.165, 1.54) is 26.2 Å². The number of hydrogen-bond acceptors (Lipinski definition) is 4. The molecular formula is C14H24F2N4. The number of benzene rings is 1. The van der Waals surface area contributed by atoms with Gasteiger partial charge in [-0.2, -0.15) is 0 Å². The molecule has 1 aliphatic heterocycles. The zero-order chi connectivity index (χ0) is 15.0. The van der Waals surface area contributed by atoms with Crippen molar-refractivity contribution in [3.63, 3.8) is 0 Å². The number of hydrogen-bond donors (Lipinski definition) is 2. The summed E-state index contributed by atoms with van der Waals surface area (Å²) >= 11 is 0. The van der Waals surface area contributed by atoms with E-state index in [1.54, 1.807) is 0 Å². The molecule has 1 heterocycles. The zero-order valence-electron chi connectivity index (χ0n) is 12.2. The summed E-state index contributed by atoms with van der Waals surface area (Å²) in [5.41, 5.74) is 5.18. The Morgan fingerprint density at radius 3 is 2.15 bits per heavy atom. The average Bonchev–Trinajstić information content (AvgIpc) is 2.36. The lowest BCUT2D eigenvalue weighted by atomic mass is 10.3. The molecule has 0 amide bonds. The highest BCUT2D eigenvalue weighted by Crippen LogP contribution is 2.07. The number of likely N-dealkylation sites (N-methyl/N-ethyl adjacent to an activating group) is 1. The highest BCUT2D eigenvalue weighted by Gasteiger charge is 2.08. The van der Waals surface area contributed by atoms with Gasteiger partial charge in [-0.1, -0.05) is 0 Å². The summed E-state index contributed by atoms with van der Waals surface area (Å²) in [5.74, 6) is -1.29. The molecule has 1 aromatic carbocycles. The number of nitrogens with two attached hydrogens (primary N) is 1. The summed E-state index contributed by atoms with van der Waals surface area (Å²) in [7, 11) is 4.25. The van der Waals surface area contributed by atoms with Crippen LogP contribution in [0, 0.1) is 11.6 Å². The van der Waals surface area contributed by atoms with Gasteiger partial charge in [0.2, 0.25) is 0 Å². The van der Waals surface area contributed by atoms with Crippen LogP contribution in [0.1, 0.15) is 0 Å². The smallest absolute Gasteiger partial charge is 0.128 e. The van der Waals surface area contributed by atoms with Gasteiger partial charge in [-0.25, -0.2) is 8.78 Å². The van der Waals surface area contributed by atoms with Crippen molar-refractivity contribution < 1.29 is 8.78 Å². The van der Waals surface area contributed by atoms with E-state index >= 15 is 0 Å². The molecule has 6 heteroatoms. The largest absolute Gasteiger partial charge is 0.399 e. The third-order valence-corrected chi connectivity index (χ3v) is 2.96. The summed E-state index contributed by atoms with van der Waals surface area (Å²) < 4.78 is 24.2. The highest BCUT2D eigenvalue weighted by molar-refractivity contribution is 5.37. The summed E-state index contributed by atoms with van der Waals surface area (Å²) in [6.07, 6.45) is 0. The Labute approximate surface area is 119 Å². The Morgan fingerprint density at radius 1 is 1.15 bits per heavy atom. The van der Waals surface area contributed by atoms with E-state index in [4.69, 9.17) is 5.73 Å². The van der Waals surface area contributed by atoms with Crippen molar-refractivity contribution in [2.75, 3.05) is 59.1 Å². The molecular weight excluding hydrogens is 262 g/mol. The van der Waals surface area contributed by atoms with Crippen LogP contribution in [0.2, 0.25) is 0 Å². The Balaban J connectivity index is 0.000000204. The van der Waals surface area contributed by atoms with Gasteiger partial charge in [-0.15, -0.1) is 0 Å². The number of nitrogen functional groups attached to an aromatic ring is 1. The fourth-order valence-electron chi connectivity index (χ4n) is 1.85. The quantitative estimate of drug-likeness (QED) is 0.814. The lowest BCUT2D eigenvalue weighted by Crippen LogP contribution is -2.45. The van der Waals surface area contributed by atoms with Gasteiger partial charge in [0, 0.05) is 51.0 Å². The Morgan fingerprint density at radius 2 is 1.70 bits per heavy atom. The van der Waals surface area contributed by atoms with Crippen molar-refractivity contribution in [2.45, 2.75) is 0 Å². The minimum absolute atomic E-state index is 0.104. The second-order valence-corrected chi connectivity index (χ2v) is 5.10. The first-order valence-electron chi connectivity index (χ1n) is 6.77. The zero-order valence-corrected chi connectivity index (χ0v) is 12.2. The number of piperazine rings is 1. The molecule has 1 fully saturated rings. The summed E-state index contributed by atoms with van der Waals surface area (Å²) in [4.78, 5) is 4.75. The van der Waals surface area contributed by atoms with Crippen molar-refractivity contribution >= 4 is 5.69 Å². The molecule has 3 N–H and O–H groups in total. The van der Waals surface area contributed by atoms with Crippen LogP contribution in [-0.4, -0.2) is 63.2 Å². The average molecular weight is 286 g/mol. The molecule has 114 valence electrons. The molecule has 4 nitrogen and oxygen atoms in total. The third kappa shape index (κ3) is 7.37. The molecule has 0 saturated carbocycles. The predicted octanol–water partition coefficient (Wildman–Crippen LogP) is 1.00. The van der Waals surface area contributed by atoms with Gasteiger partial charge in [-0.05, 0) is 26.2 Å². The maximum absolute atomic E-state index is 12.1. The Hall–Kier alpha value is -1.24. The maximum Gasteiger partial charge on any atom is 0.128 e. The molecule has 0 radical (unpaired) electrons. The first kappa shape index (κ1) is 16.8. The van der Waals surface area contributed by atoms with E-state index in [9.17, 15) is 8.78 Å². The van der Waals surface area contributed by atoms with E-state index in [-0.39, 0.29) is 5.69 Å². The van der Waals surface area contributed by atoms with Crippen molar-refractivity contribution in [3.8, 4) is 0 Å². The van der Waals surface area contributed by atoms with Gasteiger partial charge >= 0.3 is 0 Å². The molecule has 0 aliphatic carbocycles. The second-order valence-electron chi connectivity index (χ2n) is 5.10. The monoisotopic (exact) mass is 286 g/mol. The van der Waals surface area contributed by atoms with E-state index in [0.29, 0.717) is 0 Å². The van der Waals surface area contributed by atoms with Gasteiger partial charge in [0.25, 0.3) is 0 Å². The van der Waals surface area contributed by atoms with Crippen molar-refractivity contribution in [1.29, 1.82) is 0 Å². The normalized spacial score (nSPS) is 15.8. The molecule has 1 aliphatic rings. The minimum Gasteiger partial charge on any atom is -0.399 e. The molecule has 0 bridgehead atoms. The number of rotatable bonds is 3. The molecule has 0 unspecified atom stereocenters. The fourth-order valence-corrected chi connectivity index (χ4v) is 1.85. The lowest BCUT2D eigenvalue weighted by molar-refractivity contribution is 0.217. The van der Waals surface area contributed by atoms with Crippen LogP contribution in [0.15, 0.2) is 18.2 Å². The molecule has 2 rings (SSSR count). The molecule has 0 atom stereocenters. The Bertz CT molecular complexity index is 342. The predicted molar refractivity (Wildman–Crippen MR) is 78.6 cm³/mol. The molecule has 0 spiro atoms. The van der Waals surface area contributed by atoms with Crippen LogP contribution in [0.5, 0.6) is 0 Å². The summed E-state index contributed by atoms with van der Waals surface area (Å²) in [6, 6.07) is 2.89. The Kier molecular flexibility index (Phi) is 7.43. The summed E-state index contributed by atoms with van der Waals surface area (Å²) in [5, 5.41) is 3.35. The van der Waals surface area contributed by atoms with Crippen molar-refractivity contribution in [1.82, 2.24) is 15.1 Å². The van der Waals surface area contributed by atoms with Gasteiger partial charge < -0.3 is 16.0 Å². The van der Waals surface area contributed by atoms with Crippen LogP contribution >= 0.6 is 0 Å². The SMILES string of the molecule is CN(C)CCN1CCNCC1.Nc1cc(F)cc(F)c1. The number of nitrogens with one attached hydrogen (secondary N) is 1. The molecule has 1 saturated heterocycles. The van der Waals surface area contributed by atoms with Crippen LogP contribution in [-0.2, 0) is 0 Å². The van der Waals surface area contributed by atoms with Gasteiger partial charge in [0.05, 0.1) is 0 Å². The van der Waals surface area contributed by atoms with Crippen LogP contribution < -0.4 is 11.1 Å². The molecule has 0 aromatic heterocycles. The van der Waals surface area contributed by atoms with E-state index in [2.05, 4.69) is 29.2 Å².